The fourth-order valence-electron chi connectivity index (χ4n) is 1.48. The molecule has 1 rings (SSSR count). The molecule has 1 N–H and O–H groups in total. The molecule has 120 valence electrons. The van der Waals surface area contributed by atoms with Crippen molar-refractivity contribution < 1.29 is 19.2 Å². The van der Waals surface area contributed by atoms with Crippen molar-refractivity contribution in [3.63, 3.8) is 0 Å². The minimum atomic E-state index is -0.911. The summed E-state index contributed by atoms with van der Waals surface area (Å²) in [5.41, 5.74) is 0.381. The molecule has 1 aromatic carbocycles. The zero-order valence-electron chi connectivity index (χ0n) is 13.4. The Hall–Kier alpha value is -2.57. The first-order valence-corrected chi connectivity index (χ1v) is 6.69. The lowest BCUT2D eigenvalue weighted by molar-refractivity contribution is 0.0740. The van der Waals surface area contributed by atoms with Crippen LogP contribution in [-0.4, -0.2) is 42.5 Å². The van der Waals surface area contributed by atoms with E-state index in [1.807, 2.05) is 18.2 Å². The Kier molecular flexibility index (Phi) is 5.91. The molecule has 0 aliphatic rings. The van der Waals surface area contributed by atoms with Gasteiger partial charge in [-0.05, 0) is 32.9 Å². The van der Waals surface area contributed by atoms with Gasteiger partial charge in [0, 0.05) is 12.7 Å². The molecule has 7 nitrogen and oxygen atoms in total. The van der Waals surface area contributed by atoms with E-state index in [0.29, 0.717) is 11.4 Å². The van der Waals surface area contributed by atoms with E-state index in [0.717, 1.165) is 0 Å². The lowest BCUT2D eigenvalue weighted by atomic mass is 9.98. The highest BCUT2D eigenvalue weighted by Gasteiger charge is 2.31. The molecule has 0 saturated carbocycles. The second kappa shape index (κ2) is 7.44. The van der Waals surface area contributed by atoms with Gasteiger partial charge in [0.05, 0.1) is 18.4 Å². The van der Waals surface area contributed by atoms with Gasteiger partial charge in [-0.15, -0.1) is 0 Å². The van der Waals surface area contributed by atoms with Gasteiger partial charge in [0.25, 0.3) is 0 Å². The summed E-state index contributed by atoms with van der Waals surface area (Å²) >= 11 is 0. The summed E-state index contributed by atoms with van der Waals surface area (Å²) in [6.45, 7) is 5.24. The first kappa shape index (κ1) is 17.5. The number of amides is 2. The van der Waals surface area contributed by atoms with Crippen molar-refractivity contribution in [3.05, 3.63) is 30.3 Å². The van der Waals surface area contributed by atoms with Crippen LogP contribution < -0.4 is 5.32 Å². The summed E-state index contributed by atoms with van der Waals surface area (Å²) in [4.78, 5) is 29.3. The van der Waals surface area contributed by atoms with Crippen LogP contribution in [0.1, 0.15) is 20.8 Å². The maximum Gasteiger partial charge on any atom is 0.534 e. The smallest absolute Gasteiger partial charge is 0.436 e. The monoisotopic (exact) mass is 307 g/mol. The zero-order valence-corrected chi connectivity index (χ0v) is 13.4. The third kappa shape index (κ3) is 4.47. The first-order valence-electron chi connectivity index (χ1n) is 6.69. The van der Waals surface area contributed by atoms with E-state index in [-0.39, 0.29) is 6.03 Å². The fraction of sp³-hybridized carbons (Fsp3) is 0.400. The topological polar surface area (TPSA) is 80.2 Å². The molecule has 0 saturated heterocycles. The summed E-state index contributed by atoms with van der Waals surface area (Å²) in [7, 11) is 2.83. The van der Waals surface area contributed by atoms with Crippen LogP contribution in [0.25, 0.3) is 0 Å². The van der Waals surface area contributed by atoms with Crippen LogP contribution in [0.4, 0.5) is 15.3 Å². The Labute approximate surface area is 129 Å². The molecule has 22 heavy (non-hydrogen) atoms. The number of benzene rings is 1. The van der Waals surface area contributed by atoms with E-state index >= 15 is 0 Å². The maximum absolute atomic E-state index is 12.3. The van der Waals surface area contributed by atoms with Crippen molar-refractivity contribution in [2.45, 2.75) is 26.3 Å². The number of para-hydroxylation sites is 1. The van der Waals surface area contributed by atoms with Crippen molar-refractivity contribution in [2.24, 2.45) is 5.16 Å². The van der Waals surface area contributed by atoms with E-state index in [2.05, 4.69) is 20.0 Å². The quantitative estimate of drug-likeness (QED) is 0.401. The molecule has 0 radical (unpaired) electrons. The number of nitrogens with zero attached hydrogens (tertiary/aromatic N) is 2. The number of carbonyl (C=O) groups excluding carboxylic acids is 2. The van der Waals surface area contributed by atoms with Gasteiger partial charge >= 0.3 is 12.2 Å². The first-order chi connectivity index (χ1) is 10.3. The largest absolute Gasteiger partial charge is 0.534 e. The van der Waals surface area contributed by atoms with Crippen molar-refractivity contribution in [1.29, 1.82) is 0 Å². The minimum absolute atomic E-state index is 0.302. The predicted molar refractivity (Wildman–Crippen MR) is 83.9 cm³/mol. The second-order valence-electron chi connectivity index (χ2n) is 5.14. The van der Waals surface area contributed by atoms with Gasteiger partial charge in [-0.25, -0.2) is 9.59 Å². The second-order valence-corrected chi connectivity index (χ2v) is 5.14. The van der Waals surface area contributed by atoms with E-state index in [1.54, 1.807) is 40.0 Å². The zero-order chi connectivity index (χ0) is 16.8. The van der Waals surface area contributed by atoms with Gasteiger partial charge in [-0.1, -0.05) is 23.4 Å². The lowest BCUT2D eigenvalue weighted by Crippen LogP contribution is -2.51. The molecule has 0 atom stereocenters. The highest BCUT2D eigenvalue weighted by molar-refractivity contribution is 5.97. The Morgan fingerprint density at radius 3 is 2.36 bits per heavy atom. The van der Waals surface area contributed by atoms with Gasteiger partial charge in [-0.3, -0.25) is 4.84 Å². The third-order valence-corrected chi connectivity index (χ3v) is 3.48. The number of urea groups is 1. The fourth-order valence-corrected chi connectivity index (χ4v) is 1.48. The lowest BCUT2D eigenvalue weighted by Gasteiger charge is -2.35. The van der Waals surface area contributed by atoms with Crippen LogP contribution in [0, 0.1) is 0 Å². The molecular weight excluding hydrogens is 286 g/mol. The normalized spacial score (nSPS) is 11.6. The molecule has 0 aliphatic heterocycles. The number of ether oxygens (including phenoxy) is 1. The standard InChI is InChI=1S/C15H21N3O4/c1-11(17-22-14(20)21-5)15(2,3)18(4)13(19)16-12-9-7-6-8-10-12/h6-10H,1-5H3,(H,16,19)/b17-11+. The number of hydrogen-bond donors (Lipinski definition) is 1. The van der Waals surface area contributed by atoms with Gasteiger partial charge < -0.3 is 15.0 Å². The molecule has 0 aliphatic carbocycles. The number of carbonyl (C=O) groups is 2. The van der Waals surface area contributed by atoms with Crippen molar-refractivity contribution >= 4 is 23.6 Å². The number of anilines is 1. The molecule has 1 aromatic rings. The molecule has 7 heteroatoms. The Balaban J connectivity index is 2.78. The van der Waals surface area contributed by atoms with Crippen LogP contribution in [0.15, 0.2) is 35.5 Å². The Morgan fingerprint density at radius 2 is 1.82 bits per heavy atom. The number of hydrogen-bond acceptors (Lipinski definition) is 5. The van der Waals surface area contributed by atoms with Crippen molar-refractivity contribution in [1.82, 2.24) is 4.90 Å². The van der Waals surface area contributed by atoms with Crippen molar-refractivity contribution in [2.75, 3.05) is 19.5 Å². The van der Waals surface area contributed by atoms with E-state index < -0.39 is 11.7 Å². The summed E-state index contributed by atoms with van der Waals surface area (Å²) in [6.07, 6.45) is -0.911. The number of rotatable bonds is 4. The van der Waals surface area contributed by atoms with Gasteiger partial charge in [-0.2, -0.15) is 0 Å². The molecule has 2 amide bonds. The predicted octanol–water partition coefficient (Wildman–Crippen LogP) is 3.09. The molecule has 0 fully saturated rings. The van der Waals surface area contributed by atoms with Crippen LogP contribution in [0.2, 0.25) is 0 Å². The number of methoxy groups -OCH3 is 1. The number of oxime groups is 1. The van der Waals surface area contributed by atoms with Crippen LogP contribution in [0.5, 0.6) is 0 Å². The van der Waals surface area contributed by atoms with E-state index in [1.165, 1.54) is 12.0 Å². The van der Waals surface area contributed by atoms with Crippen LogP contribution >= 0.6 is 0 Å². The van der Waals surface area contributed by atoms with Gasteiger partial charge in [0.1, 0.15) is 0 Å². The molecule has 0 unspecified atom stereocenters. The molecular formula is C15H21N3O4. The van der Waals surface area contributed by atoms with Gasteiger partial charge in [0.15, 0.2) is 0 Å². The van der Waals surface area contributed by atoms with Gasteiger partial charge in [0.2, 0.25) is 0 Å². The maximum atomic E-state index is 12.3. The summed E-state index contributed by atoms with van der Waals surface area (Å²) < 4.78 is 4.34. The average molecular weight is 307 g/mol. The summed E-state index contributed by atoms with van der Waals surface area (Å²) in [5.74, 6) is 0. The van der Waals surface area contributed by atoms with Crippen molar-refractivity contribution in [3.8, 4) is 0 Å². The minimum Gasteiger partial charge on any atom is -0.436 e. The molecule has 0 bridgehead atoms. The molecule has 0 heterocycles. The third-order valence-electron chi connectivity index (χ3n) is 3.48. The van der Waals surface area contributed by atoms with E-state index in [4.69, 9.17) is 0 Å². The SMILES string of the molecule is COC(=O)O/N=C(\C)C(C)(C)N(C)C(=O)Nc1ccccc1. The van der Waals surface area contributed by atoms with E-state index in [9.17, 15) is 9.59 Å². The molecule has 0 aromatic heterocycles. The van der Waals surface area contributed by atoms with Crippen LogP contribution in [0.3, 0.4) is 0 Å². The van der Waals surface area contributed by atoms with Crippen LogP contribution in [-0.2, 0) is 9.57 Å². The summed E-state index contributed by atoms with van der Waals surface area (Å²) in [6, 6.07) is 8.81. The Morgan fingerprint density at radius 1 is 1.23 bits per heavy atom. The highest BCUT2D eigenvalue weighted by atomic mass is 16.8. The molecule has 0 spiro atoms. The number of nitrogens with one attached hydrogen (secondary N) is 1. The average Bonchev–Trinajstić information content (AvgIpc) is 2.52. The Bertz CT molecular complexity index is 555. The summed E-state index contributed by atoms with van der Waals surface area (Å²) in [5, 5.41) is 6.48. The highest BCUT2D eigenvalue weighted by Crippen LogP contribution is 2.17.